The maximum absolute atomic E-state index is 12.1. The fraction of sp³-hybridized carbons (Fsp3) is 1.00. The van der Waals surface area contributed by atoms with Crippen LogP contribution in [-0.4, -0.2) is 39.6 Å². The molecule has 5 heteroatoms. The third-order valence-corrected chi connectivity index (χ3v) is 12.7. The molecule has 0 spiro atoms. The summed E-state index contributed by atoms with van der Waals surface area (Å²) in [7, 11) is -3.16. The minimum atomic E-state index is -1.69. The molecule has 0 radical (unpaired) electrons. The Morgan fingerprint density at radius 2 is 1.47 bits per heavy atom. The van der Waals surface area contributed by atoms with E-state index >= 15 is 0 Å². The van der Waals surface area contributed by atoms with Gasteiger partial charge in [-0.05, 0) is 133 Å². The van der Waals surface area contributed by atoms with Crippen LogP contribution in [-0.2, 0) is 8.85 Å². The van der Waals surface area contributed by atoms with Crippen molar-refractivity contribution in [2.24, 2.45) is 34.5 Å². The minimum Gasteiger partial charge on any atom is -0.415 e. The Morgan fingerprint density at radius 1 is 0.812 bits per heavy atom. The second-order valence-corrected chi connectivity index (χ2v) is 23.5. The molecule has 4 aliphatic rings. The SMILES string of the molecule is CC(O[Si](C)(C)C)[C@@]1(O)CC[C@H]2[C@@H]3CCC4CC(O[Si](C)(C)C)CC[C@]4(C)[C@H]3CC[C@@]21C. The Hall–Kier alpha value is 0.314. The van der Waals surface area contributed by atoms with Gasteiger partial charge in [0, 0.05) is 11.5 Å². The zero-order valence-electron chi connectivity index (χ0n) is 22.6. The lowest BCUT2D eigenvalue weighted by molar-refractivity contribution is -0.182. The number of hydrogen-bond donors (Lipinski definition) is 1. The fourth-order valence-corrected chi connectivity index (χ4v) is 11.6. The van der Waals surface area contributed by atoms with E-state index < -0.39 is 22.2 Å². The van der Waals surface area contributed by atoms with Crippen molar-refractivity contribution in [1.82, 2.24) is 0 Å². The molecule has 32 heavy (non-hydrogen) atoms. The number of rotatable bonds is 5. The molecule has 0 aliphatic heterocycles. The van der Waals surface area contributed by atoms with E-state index in [1.54, 1.807) is 0 Å². The molecular weight excluding hydrogens is 428 g/mol. The quantitative estimate of drug-likeness (QED) is 0.422. The topological polar surface area (TPSA) is 38.7 Å². The summed E-state index contributed by atoms with van der Waals surface area (Å²) in [5.74, 6) is 3.12. The second kappa shape index (κ2) is 8.18. The highest BCUT2D eigenvalue weighted by Crippen LogP contribution is 2.69. The van der Waals surface area contributed by atoms with Crippen molar-refractivity contribution in [3.8, 4) is 0 Å². The molecule has 1 N–H and O–H groups in total. The van der Waals surface area contributed by atoms with E-state index in [9.17, 15) is 5.11 Å². The molecular formula is C27H52O3Si2. The Labute approximate surface area is 200 Å². The molecule has 0 heterocycles. The maximum atomic E-state index is 12.1. The van der Waals surface area contributed by atoms with E-state index in [-0.39, 0.29) is 11.5 Å². The zero-order chi connectivity index (χ0) is 23.7. The van der Waals surface area contributed by atoms with Crippen LogP contribution in [0.5, 0.6) is 0 Å². The van der Waals surface area contributed by atoms with Gasteiger partial charge in [-0.3, -0.25) is 0 Å². The highest BCUT2D eigenvalue weighted by molar-refractivity contribution is 6.70. The molecule has 9 atom stereocenters. The summed E-state index contributed by atoms with van der Waals surface area (Å²) in [6.07, 6.45) is 11.7. The monoisotopic (exact) mass is 480 g/mol. The average molecular weight is 481 g/mol. The van der Waals surface area contributed by atoms with Crippen LogP contribution in [0.4, 0.5) is 0 Å². The highest BCUT2D eigenvalue weighted by Gasteiger charge is 2.66. The number of fused-ring (bicyclic) bond motifs is 5. The van der Waals surface area contributed by atoms with E-state index in [2.05, 4.69) is 60.1 Å². The van der Waals surface area contributed by atoms with E-state index in [0.29, 0.717) is 17.4 Å². The molecule has 0 bridgehead atoms. The lowest BCUT2D eigenvalue weighted by atomic mass is 9.44. The smallest absolute Gasteiger partial charge is 0.184 e. The summed E-state index contributed by atoms with van der Waals surface area (Å²) in [6, 6.07) is 0. The minimum absolute atomic E-state index is 0.00851. The van der Waals surface area contributed by atoms with E-state index in [1.165, 1.54) is 51.4 Å². The number of aliphatic hydroxyl groups is 1. The van der Waals surface area contributed by atoms with Crippen LogP contribution in [0.3, 0.4) is 0 Å². The molecule has 4 fully saturated rings. The molecule has 186 valence electrons. The summed E-state index contributed by atoms with van der Waals surface area (Å²) >= 11 is 0. The van der Waals surface area contributed by atoms with Crippen molar-refractivity contribution in [3.05, 3.63) is 0 Å². The van der Waals surface area contributed by atoms with E-state index in [4.69, 9.17) is 8.85 Å². The molecule has 0 saturated heterocycles. The lowest BCUT2D eigenvalue weighted by Crippen LogP contribution is -2.60. The summed E-state index contributed by atoms with van der Waals surface area (Å²) < 4.78 is 13.1. The van der Waals surface area contributed by atoms with Crippen molar-refractivity contribution in [3.63, 3.8) is 0 Å². The Morgan fingerprint density at radius 3 is 2.09 bits per heavy atom. The van der Waals surface area contributed by atoms with Crippen molar-refractivity contribution in [2.45, 2.75) is 136 Å². The average Bonchev–Trinajstić information content (AvgIpc) is 2.92. The van der Waals surface area contributed by atoms with Gasteiger partial charge in [-0.25, -0.2) is 0 Å². The third kappa shape index (κ3) is 4.25. The summed E-state index contributed by atoms with van der Waals surface area (Å²) in [5, 5.41) is 12.1. The predicted octanol–water partition coefficient (Wildman–Crippen LogP) is 7.22. The van der Waals surface area contributed by atoms with Gasteiger partial charge in [-0.15, -0.1) is 0 Å². The first-order chi connectivity index (χ1) is 14.6. The summed E-state index contributed by atoms with van der Waals surface area (Å²) in [5.41, 5.74) is -0.178. The first-order valence-electron chi connectivity index (χ1n) is 13.7. The van der Waals surface area contributed by atoms with E-state index in [1.807, 2.05) is 0 Å². The molecule has 0 aromatic rings. The summed E-state index contributed by atoms with van der Waals surface area (Å²) in [6.45, 7) is 21.0. The van der Waals surface area contributed by atoms with E-state index in [0.717, 1.165) is 24.2 Å². The largest absolute Gasteiger partial charge is 0.415 e. The highest BCUT2D eigenvalue weighted by atomic mass is 28.4. The van der Waals surface area contributed by atoms with Crippen LogP contribution in [0, 0.1) is 34.5 Å². The Bertz CT molecular complexity index is 700. The summed E-state index contributed by atoms with van der Waals surface area (Å²) in [4.78, 5) is 0. The molecule has 0 aromatic heterocycles. The molecule has 3 unspecified atom stereocenters. The fourth-order valence-electron chi connectivity index (χ4n) is 9.17. The van der Waals surface area contributed by atoms with Crippen molar-refractivity contribution < 1.29 is 14.0 Å². The van der Waals surface area contributed by atoms with Gasteiger partial charge >= 0.3 is 0 Å². The van der Waals surface area contributed by atoms with Gasteiger partial charge in [-0.2, -0.15) is 0 Å². The maximum Gasteiger partial charge on any atom is 0.184 e. The van der Waals surface area contributed by atoms with Crippen LogP contribution < -0.4 is 0 Å². The standard InChI is InChI=1S/C27H52O3Si2/c1-19(29-31(4,5)6)27(28)17-14-24-22-11-10-20-18-21(30-32(7,8)9)12-15-25(20,2)23(22)13-16-26(24,27)3/h19-24,28H,10-18H2,1-9H3/t19?,20?,21?,22-,23+,24+,25+,26+,27+/m1/s1. The third-order valence-electron chi connectivity index (χ3n) is 10.6. The number of hydrogen-bond acceptors (Lipinski definition) is 3. The first kappa shape index (κ1) is 25.4. The Kier molecular flexibility index (Phi) is 6.49. The van der Waals surface area contributed by atoms with Crippen LogP contribution in [0.2, 0.25) is 39.3 Å². The zero-order valence-corrected chi connectivity index (χ0v) is 24.6. The molecule has 4 aliphatic carbocycles. The first-order valence-corrected chi connectivity index (χ1v) is 20.5. The Balaban J connectivity index is 1.52. The molecule has 3 nitrogen and oxygen atoms in total. The molecule has 4 saturated carbocycles. The van der Waals surface area contributed by atoms with Crippen molar-refractivity contribution in [2.75, 3.05) is 0 Å². The van der Waals surface area contributed by atoms with Gasteiger partial charge in [0.05, 0.1) is 11.7 Å². The van der Waals surface area contributed by atoms with Crippen molar-refractivity contribution >= 4 is 16.6 Å². The second-order valence-electron chi connectivity index (χ2n) is 14.6. The van der Waals surface area contributed by atoms with Crippen LogP contribution in [0.15, 0.2) is 0 Å². The van der Waals surface area contributed by atoms with Gasteiger partial charge < -0.3 is 14.0 Å². The van der Waals surface area contributed by atoms with Gasteiger partial charge in [-0.1, -0.05) is 13.8 Å². The lowest BCUT2D eigenvalue weighted by Gasteiger charge is -2.62. The van der Waals surface area contributed by atoms with Gasteiger partial charge in [0.2, 0.25) is 0 Å². The van der Waals surface area contributed by atoms with Gasteiger partial charge in [0.15, 0.2) is 16.6 Å². The van der Waals surface area contributed by atoms with Gasteiger partial charge in [0.1, 0.15) is 0 Å². The van der Waals surface area contributed by atoms with Crippen molar-refractivity contribution in [1.29, 1.82) is 0 Å². The van der Waals surface area contributed by atoms with Crippen LogP contribution in [0.1, 0.15) is 78.6 Å². The molecule has 0 amide bonds. The molecule has 4 rings (SSSR count). The normalized spacial score (nSPS) is 48.0. The van der Waals surface area contributed by atoms with Crippen LogP contribution in [0.25, 0.3) is 0 Å². The molecule has 0 aromatic carbocycles. The predicted molar refractivity (Wildman–Crippen MR) is 139 cm³/mol. The van der Waals surface area contributed by atoms with Gasteiger partial charge in [0.25, 0.3) is 0 Å². The van der Waals surface area contributed by atoms with Crippen LogP contribution >= 0.6 is 0 Å².